The van der Waals surface area contributed by atoms with Crippen LogP contribution in [0.25, 0.3) is 32.8 Å². The largest absolute Gasteiger partial charge is 0.463 e. The van der Waals surface area contributed by atoms with Crippen molar-refractivity contribution in [3.05, 3.63) is 57.9 Å². The Morgan fingerprint density at radius 1 is 1.03 bits per heavy atom. The van der Waals surface area contributed by atoms with E-state index in [2.05, 4.69) is 22.6 Å². The van der Waals surface area contributed by atoms with Crippen LogP contribution in [0.4, 0.5) is 0 Å². The maximum absolute atomic E-state index is 12.5. The molecule has 1 fully saturated rings. The Labute approximate surface area is 180 Å². The number of ketones is 1. The Kier molecular flexibility index (Phi) is 4.29. The first-order valence-electron chi connectivity index (χ1n) is 11.4. The highest BCUT2D eigenvalue weighted by molar-refractivity contribution is 6.22. The zero-order valence-corrected chi connectivity index (χ0v) is 17.8. The molecule has 0 spiro atoms. The SMILES string of the molecule is CN(CCCn1c2ccc3c(c2c2c4occc(=O)c4ccc21)CCC3=O)C1CCC1. The van der Waals surface area contributed by atoms with Crippen LogP contribution in [-0.4, -0.2) is 34.9 Å². The van der Waals surface area contributed by atoms with Gasteiger partial charge in [-0.2, -0.15) is 0 Å². The standard InChI is InChI=1S/C26H26N2O3/c1-27(16-4-2-5-16)13-3-14-28-20-9-6-17-18(8-11-22(17)29)24(20)25-21(28)10-7-19-23(30)12-15-31-26(19)25/h6-7,9-10,12,15-16H,2-5,8,11,13-14H2,1H3. The van der Waals surface area contributed by atoms with E-state index in [0.717, 1.165) is 64.9 Å². The van der Waals surface area contributed by atoms with Crippen LogP contribution < -0.4 is 5.43 Å². The molecule has 2 aliphatic rings. The number of hydrogen-bond donors (Lipinski definition) is 0. The van der Waals surface area contributed by atoms with Crippen LogP contribution in [0, 0.1) is 0 Å². The Hall–Kier alpha value is -2.92. The van der Waals surface area contributed by atoms with Crippen molar-refractivity contribution in [2.24, 2.45) is 0 Å². The Bertz CT molecular complexity index is 1410. The summed E-state index contributed by atoms with van der Waals surface area (Å²) in [4.78, 5) is 27.4. The Morgan fingerprint density at radius 2 is 1.84 bits per heavy atom. The van der Waals surface area contributed by atoms with Gasteiger partial charge in [0, 0.05) is 41.5 Å². The van der Waals surface area contributed by atoms with Crippen LogP contribution in [0.15, 0.2) is 45.8 Å². The quantitative estimate of drug-likeness (QED) is 0.466. The molecule has 5 nitrogen and oxygen atoms in total. The zero-order chi connectivity index (χ0) is 21.1. The number of benzene rings is 2. The molecule has 158 valence electrons. The number of aromatic nitrogens is 1. The second-order valence-corrected chi connectivity index (χ2v) is 9.10. The van der Waals surface area contributed by atoms with Gasteiger partial charge in [0.2, 0.25) is 0 Å². The number of rotatable bonds is 5. The highest BCUT2D eigenvalue weighted by Crippen LogP contribution is 2.40. The second-order valence-electron chi connectivity index (χ2n) is 9.10. The van der Waals surface area contributed by atoms with Crippen molar-refractivity contribution < 1.29 is 9.21 Å². The molecule has 0 atom stereocenters. The predicted octanol–water partition coefficient (Wildman–Crippen LogP) is 4.90. The summed E-state index contributed by atoms with van der Waals surface area (Å²) in [6.07, 6.45) is 7.83. The highest BCUT2D eigenvalue weighted by atomic mass is 16.3. The van der Waals surface area contributed by atoms with Gasteiger partial charge in [0.05, 0.1) is 22.6 Å². The maximum atomic E-state index is 12.5. The van der Waals surface area contributed by atoms with E-state index >= 15 is 0 Å². The molecule has 2 aromatic heterocycles. The smallest absolute Gasteiger partial charge is 0.192 e. The number of hydrogen-bond acceptors (Lipinski definition) is 4. The van der Waals surface area contributed by atoms with E-state index in [4.69, 9.17) is 4.42 Å². The molecule has 2 heterocycles. The van der Waals surface area contributed by atoms with E-state index in [0.29, 0.717) is 17.4 Å². The topological polar surface area (TPSA) is 55.5 Å². The fourth-order valence-electron chi connectivity index (χ4n) is 5.50. The fraction of sp³-hybridized carbons (Fsp3) is 0.385. The summed E-state index contributed by atoms with van der Waals surface area (Å²) in [6, 6.07) is 10.2. The van der Waals surface area contributed by atoms with E-state index in [1.807, 2.05) is 18.2 Å². The monoisotopic (exact) mass is 414 g/mol. The molecule has 2 aliphatic carbocycles. The van der Waals surface area contributed by atoms with Gasteiger partial charge in [-0.15, -0.1) is 0 Å². The molecule has 31 heavy (non-hydrogen) atoms. The summed E-state index contributed by atoms with van der Waals surface area (Å²) in [5.41, 5.74) is 4.75. The van der Waals surface area contributed by atoms with Gasteiger partial charge in [0.15, 0.2) is 11.2 Å². The lowest BCUT2D eigenvalue weighted by atomic mass is 9.92. The molecule has 0 radical (unpaired) electrons. The summed E-state index contributed by atoms with van der Waals surface area (Å²) in [6.45, 7) is 1.96. The summed E-state index contributed by atoms with van der Waals surface area (Å²) in [5, 5.41) is 2.66. The van der Waals surface area contributed by atoms with Crippen molar-refractivity contribution in [2.75, 3.05) is 13.6 Å². The second kappa shape index (κ2) is 7.06. The number of fused-ring (bicyclic) bond motifs is 7. The minimum Gasteiger partial charge on any atom is -0.463 e. The van der Waals surface area contributed by atoms with Crippen molar-refractivity contribution in [3.63, 3.8) is 0 Å². The van der Waals surface area contributed by atoms with E-state index in [1.54, 1.807) is 0 Å². The third-order valence-corrected chi connectivity index (χ3v) is 7.42. The minimum absolute atomic E-state index is 0.0326. The molecule has 0 bridgehead atoms. The molecule has 6 rings (SSSR count). The Balaban J connectivity index is 1.54. The van der Waals surface area contributed by atoms with Crippen molar-refractivity contribution in [1.82, 2.24) is 9.47 Å². The van der Waals surface area contributed by atoms with Gasteiger partial charge in [-0.3, -0.25) is 9.59 Å². The minimum atomic E-state index is -0.0326. The molecule has 1 saturated carbocycles. The van der Waals surface area contributed by atoms with Crippen LogP contribution in [0.2, 0.25) is 0 Å². The van der Waals surface area contributed by atoms with Gasteiger partial charge < -0.3 is 13.9 Å². The van der Waals surface area contributed by atoms with Crippen molar-refractivity contribution in [3.8, 4) is 0 Å². The average molecular weight is 415 g/mol. The molecule has 0 unspecified atom stereocenters. The van der Waals surface area contributed by atoms with Crippen molar-refractivity contribution in [1.29, 1.82) is 0 Å². The van der Waals surface area contributed by atoms with E-state index in [1.165, 1.54) is 31.6 Å². The lowest BCUT2D eigenvalue weighted by Gasteiger charge is -2.34. The van der Waals surface area contributed by atoms with E-state index in [-0.39, 0.29) is 11.2 Å². The molecule has 0 aliphatic heterocycles. The van der Waals surface area contributed by atoms with Crippen LogP contribution in [-0.2, 0) is 13.0 Å². The van der Waals surface area contributed by atoms with Gasteiger partial charge >= 0.3 is 0 Å². The molecule has 0 amide bonds. The molecule has 0 saturated heterocycles. The number of carbonyl (C=O) groups is 1. The third-order valence-electron chi connectivity index (χ3n) is 7.42. The fourth-order valence-corrected chi connectivity index (χ4v) is 5.50. The van der Waals surface area contributed by atoms with Crippen LogP contribution in [0.5, 0.6) is 0 Å². The zero-order valence-electron chi connectivity index (χ0n) is 17.8. The molecular formula is C26H26N2O3. The number of aryl methyl sites for hydroxylation is 2. The number of nitrogens with zero attached hydrogens (tertiary/aromatic N) is 2. The summed E-state index contributed by atoms with van der Waals surface area (Å²) in [5.74, 6) is 0.210. The first-order valence-corrected chi connectivity index (χ1v) is 11.4. The first kappa shape index (κ1) is 18.8. The van der Waals surface area contributed by atoms with Gasteiger partial charge in [-0.25, -0.2) is 0 Å². The van der Waals surface area contributed by atoms with Gasteiger partial charge in [0.1, 0.15) is 5.58 Å². The molecular weight excluding hydrogens is 388 g/mol. The van der Waals surface area contributed by atoms with Gasteiger partial charge in [-0.05, 0) is 69.1 Å². The maximum Gasteiger partial charge on any atom is 0.192 e. The number of Topliss-reactive ketones (excluding diaryl/α,β-unsaturated/α-hetero) is 1. The normalized spacial score (nSPS) is 16.6. The molecule has 4 aromatic rings. The lowest BCUT2D eigenvalue weighted by molar-refractivity contribution is 0.0994. The lowest BCUT2D eigenvalue weighted by Crippen LogP contribution is -2.37. The molecule has 0 N–H and O–H groups in total. The number of carbonyl (C=O) groups excluding carboxylic acids is 1. The first-order chi connectivity index (χ1) is 15.1. The van der Waals surface area contributed by atoms with Crippen LogP contribution >= 0.6 is 0 Å². The van der Waals surface area contributed by atoms with Gasteiger partial charge in [-0.1, -0.05) is 6.42 Å². The Morgan fingerprint density at radius 3 is 2.65 bits per heavy atom. The summed E-state index contributed by atoms with van der Waals surface area (Å²) >= 11 is 0. The highest BCUT2D eigenvalue weighted by Gasteiger charge is 2.26. The van der Waals surface area contributed by atoms with Crippen molar-refractivity contribution in [2.45, 2.75) is 51.1 Å². The third kappa shape index (κ3) is 2.79. The van der Waals surface area contributed by atoms with E-state index in [9.17, 15) is 9.59 Å². The molecule has 2 aromatic carbocycles. The van der Waals surface area contributed by atoms with Crippen LogP contribution in [0.3, 0.4) is 0 Å². The predicted molar refractivity (Wildman–Crippen MR) is 123 cm³/mol. The van der Waals surface area contributed by atoms with Crippen molar-refractivity contribution >= 4 is 38.6 Å². The van der Waals surface area contributed by atoms with Gasteiger partial charge in [0.25, 0.3) is 0 Å². The average Bonchev–Trinajstić information content (AvgIpc) is 3.25. The van der Waals surface area contributed by atoms with Crippen LogP contribution in [0.1, 0.15) is 48.0 Å². The molecule has 5 heteroatoms. The summed E-state index contributed by atoms with van der Waals surface area (Å²) in [7, 11) is 2.23. The summed E-state index contributed by atoms with van der Waals surface area (Å²) < 4.78 is 8.26. The van der Waals surface area contributed by atoms with E-state index < -0.39 is 0 Å².